The van der Waals surface area contributed by atoms with Gasteiger partial charge in [-0.25, -0.2) is 0 Å². The summed E-state index contributed by atoms with van der Waals surface area (Å²) >= 11 is 0. The SMILES string of the molecule is COCCOCC1C=CCC(C(=O)O)C1C(=O)Nc1ccccc1C. The molecule has 0 fully saturated rings. The van der Waals surface area contributed by atoms with E-state index in [1.54, 1.807) is 7.11 Å². The molecule has 1 aliphatic carbocycles. The van der Waals surface area contributed by atoms with Crippen molar-refractivity contribution in [3.63, 3.8) is 0 Å². The highest BCUT2D eigenvalue weighted by atomic mass is 16.5. The van der Waals surface area contributed by atoms with Gasteiger partial charge in [-0.1, -0.05) is 30.4 Å². The van der Waals surface area contributed by atoms with Gasteiger partial charge in [0.25, 0.3) is 0 Å². The van der Waals surface area contributed by atoms with E-state index in [4.69, 9.17) is 9.47 Å². The summed E-state index contributed by atoms with van der Waals surface area (Å²) in [5.74, 6) is -2.96. The molecule has 0 heterocycles. The summed E-state index contributed by atoms with van der Waals surface area (Å²) in [6.45, 7) is 3.05. The maximum atomic E-state index is 12.8. The van der Waals surface area contributed by atoms with Crippen LogP contribution in [-0.2, 0) is 19.1 Å². The Morgan fingerprint density at radius 2 is 2.04 bits per heavy atom. The summed E-state index contributed by atoms with van der Waals surface area (Å²) < 4.78 is 10.5. The van der Waals surface area contributed by atoms with Crippen LogP contribution in [0.15, 0.2) is 36.4 Å². The van der Waals surface area contributed by atoms with Gasteiger partial charge < -0.3 is 19.9 Å². The Kier molecular flexibility index (Phi) is 7.16. The van der Waals surface area contributed by atoms with Crippen LogP contribution in [-0.4, -0.2) is 43.9 Å². The fourth-order valence-electron chi connectivity index (χ4n) is 3.05. The van der Waals surface area contributed by atoms with E-state index >= 15 is 0 Å². The molecule has 1 aromatic rings. The number of hydrogen-bond acceptors (Lipinski definition) is 4. The Balaban J connectivity index is 2.14. The topological polar surface area (TPSA) is 84.9 Å². The number of rotatable bonds is 8. The van der Waals surface area contributed by atoms with Crippen LogP contribution in [0.1, 0.15) is 12.0 Å². The fourth-order valence-corrected chi connectivity index (χ4v) is 3.05. The molecule has 2 N–H and O–H groups in total. The number of hydrogen-bond donors (Lipinski definition) is 2. The van der Waals surface area contributed by atoms with E-state index in [1.807, 2.05) is 43.3 Å². The lowest BCUT2D eigenvalue weighted by molar-refractivity contribution is -0.148. The third kappa shape index (κ3) is 5.14. The Bertz CT molecular complexity index is 628. The van der Waals surface area contributed by atoms with E-state index < -0.39 is 17.8 Å². The second-order valence-electron chi connectivity index (χ2n) is 6.17. The summed E-state index contributed by atoms with van der Waals surface area (Å²) in [4.78, 5) is 24.5. The van der Waals surface area contributed by atoms with E-state index in [1.165, 1.54) is 0 Å². The third-order valence-corrected chi connectivity index (χ3v) is 4.43. The van der Waals surface area contributed by atoms with Gasteiger partial charge in [-0.2, -0.15) is 0 Å². The summed E-state index contributed by atoms with van der Waals surface area (Å²) in [5.41, 5.74) is 1.63. The number of aliphatic carboxylic acids is 1. The Labute approximate surface area is 147 Å². The molecule has 3 unspecified atom stereocenters. The first-order valence-corrected chi connectivity index (χ1v) is 8.37. The minimum atomic E-state index is -0.962. The zero-order valence-corrected chi connectivity index (χ0v) is 14.6. The zero-order valence-electron chi connectivity index (χ0n) is 14.6. The number of benzene rings is 1. The van der Waals surface area contributed by atoms with Crippen LogP contribution in [0.3, 0.4) is 0 Å². The lowest BCUT2D eigenvalue weighted by Gasteiger charge is -2.31. The van der Waals surface area contributed by atoms with Gasteiger partial charge in [0.05, 0.1) is 31.7 Å². The maximum absolute atomic E-state index is 12.8. The number of ether oxygens (including phenoxy) is 2. The molecule has 3 atom stereocenters. The maximum Gasteiger partial charge on any atom is 0.307 e. The Morgan fingerprint density at radius 1 is 1.28 bits per heavy atom. The Morgan fingerprint density at radius 3 is 2.72 bits per heavy atom. The van der Waals surface area contributed by atoms with Gasteiger partial charge in [-0.05, 0) is 25.0 Å². The van der Waals surface area contributed by atoms with Crippen molar-refractivity contribution in [1.82, 2.24) is 0 Å². The molecule has 0 saturated carbocycles. The molecule has 1 aromatic carbocycles. The third-order valence-electron chi connectivity index (χ3n) is 4.43. The van der Waals surface area contributed by atoms with Crippen molar-refractivity contribution in [3.05, 3.63) is 42.0 Å². The highest BCUT2D eigenvalue weighted by Gasteiger charge is 2.40. The molecule has 0 spiro atoms. The van der Waals surface area contributed by atoms with Crippen LogP contribution in [0.2, 0.25) is 0 Å². The molecule has 0 aliphatic heterocycles. The second kappa shape index (κ2) is 9.34. The van der Waals surface area contributed by atoms with Gasteiger partial charge in [0, 0.05) is 18.7 Å². The van der Waals surface area contributed by atoms with Crippen LogP contribution in [0.5, 0.6) is 0 Å². The van der Waals surface area contributed by atoms with Crippen LogP contribution in [0, 0.1) is 24.7 Å². The fraction of sp³-hybridized carbons (Fsp3) is 0.474. The van der Waals surface area contributed by atoms with Crippen molar-refractivity contribution in [2.24, 2.45) is 17.8 Å². The number of carboxylic acids is 1. The molecule has 6 heteroatoms. The molecule has 0 radical (unpaired) electrons. The van der Waals surface area contributed by atoms with Crippen LogP contribution in [0.4, 0.5) is 5.69 Å². The van der Waals surface area contributed by atoms with Gasteiger partial charge in [0.1, 0.15) is 0 Å². The molecule has 0 bridgehead atoms. The number of amides is 1. The summed E-state index contributed by atoms with van der Waals surface area (Å²) in [6, 6.07) is 7.44. The van der Waals surface area contributed by atoms with Crippen LogP contribution >= 0.6 is 0 Å². The predicted octanol–water partition coefficient (Wildman–Crippen LogP) is 2.49. The summed E-state index contributed by atoms with van der Waals surface area (Å²) in [6.07, 6.45) is 4.05. The van der Waals surface area contributed by atoms with E-state index in [-0.39, 0.29) is 18.4 Å². The minimum absolute atomic E-state index is 0.282. The average molecular weight is 347 g/mol. The van der Waals surface area contributed by atoms with Crippen LogP contribution in [0.25, 0.3) is 0 Å². The zero-order chi connectivity index (χ0) is 18.2. The van der Waals surface area contributed by atoms with Gasteiger partial charge in [-0.3, -0.25) is 9.59 Å². The number of methoxy groups -OCH3 is 1. The molecule has 136 valence electrons. The van der Waals surface area contributed by atoms with Crippen molar-refractivity contribution in [2.75, 3.05) is 32.2 Å². The quantitative estimate of drug-likeness (QED) is 0.557. The molecule has 0 saturated heterocycles. The number of carbonyl (C=O) groups excluding carboxylic acids is 1. The van der Waals surface area contributed by atoms with Gasteiger partial charge in [0.2, 0.25) is 5.91 Å². The smallest absolute Gasteiger partial charge is 0.307 e. The lowest BCUT2D eigenvalue weighted by Crippen LogP contribution is -2.41. The van der Waals surface area contributed by atoms with E-state index in [9.17, 15) is 14.7 Å². The number of anilines is 1. The molecule has 0 aromatic heterocycles. The number of aryl methyl sites for hydroxylation is 1. The molecule has 1 aliphatic rings. The van der Waals surface area contributed by atoms with Crippen molar-refractivity contribution in [2.45, 2.75) is 13.3 Å². The average Bonchev–Trinajstić information content (AvgIpc) is 2.60. The monoisotopic (exact) mass is 347 g/mol. The number of para-hydroxylation sites is 1. The first-order valence-electron chi connectivity index (χ1n) is 8.37. The first-order chi connectivity index (χ1) is 12.0. The largest absolute Gasteiger partial charge is 0.481 e. The predicted molar refractivity (Wildman–Crippen MR) is 94.4 cm³/mol. The highest BCUT2D eigenvalue weighted by molar-refractivity contribution is 5.96. The van der Waals surface area contributed by atoms with E-state index in [0.717, 1.165) is 5.56 Å². The van der Waals surface area contributed by atoms with E-state index in [2.05, 4.69) is 5.32 Å². The number of carbonyl (C=O) groups is 2. The molecule has 2 rings (SSSR count). The molecule has 6 nitrogen and oxygen atoms in total. The molecule has 25 heavy (non-hydrogen) atoms. The second-order valence-corrected chi connectivity index (χ2v) is 6.17. The summed E-state index contributed by atoms with van der Waals surface area (Å²) in [7, 11) is 1.59. The van der Waals surface area contributed by atoms with Gasteiger partial charge in [-0.15, -0.1) is 0 Å². The standard InChI is InChI=1S/C19H25NO5/c1-13-6-3-4-9-16(13)20-18(21)17-14(12-25-11-10-24-2)7-5-8-15(17)19(22)23/h3-7,9,14-15,17H,8,10-12H2,1-2H3,(H,20,21)(H,22,23). The number of allylic oxidation sites excluding steroid dienone is 1. The molecule has 1 amide bonds. The normalized spacial score (nSPS) is 22.6. The van der Waals surface area contributed by atoms with Gasteiger partial charge >= 0.3 is 5.97 Å². The van der Waals surface area contributed by atoms with Crippen LogP contribution < -0.4 is 5.32 Å². The Hall–Kier alpha value is -2.18. The van der Waals surface area contributed by atoms with Crippen molar-refractivity contribution >= 4 is 17.6 Å². The summed E-state index contributed by atoms with van der Waals surface area (Å²) in [5, 5.41) is 12.4. The molecular weight excluding hydrogens is 322 g/mol. The van der Waals surface area contributed by atoms with E-state index in [0.29, 0.717) is 25.3 Å². The van der Waals surface area contributed by atoms with Crippen molar-refractivity contribution < 1.29 is 24.2 Å². The van der Waals surface area contributed by atoms with Gasteiger partial charge in [0.15, 0.2) is 0 Å². The number of nitrogens with one attached hydrogen (secondary N) is 1. The van der Waals surface area contributed by atoms with Crippen molar-refractivity contribution in [1.29, 1.82) is 0 Å². The molecular formula is C19H25NO5. The lowest BCUT2D eigenvalue weighted by atomic mass is 9.75. The number of carboxylic acid groups (broad SMARTS) is 1. The van der Waals surface area contributed by atoms with Crippen molar-refractivity contribution in [3.8, 4) is 0 Å². The first kappa shape index (κ1) is 19.1. The highest BCUT2D eigenvalue weighted by Crippen LogP contribution is 2.32. The minimum Gasteiger partial charge on any atom is -0.481 e.